The number of carboxylic acid groups (broad SMARTS) is 1. The Kier molecular flexibility index (Phi) is 8.28. The van der Waals surface area contributed by atoms with Crippen molar-refractivity contribution in [2.45, 2.75) is 18.6 Å². The van der Waals surface area contributed by atoms with E-state index in [0.717, 1.165) is 27.9 Å². The predicted octanol–water partition coefficient (Wildman–Crippen LogP) is 5.17. The standard InChI is InChI=1S/C25H20N8O.C2HF3O2/c26-11-9-22(32-15-18(14-31-32)23-21-10-12-28-24(21)30-16-29-23)17-5-4-8-20(13-17)33(25(27)34)19-6-2-1-3-7-19;3-2(4,5)1(6)7/h1-8,10,12-16,22H,9H2,(H2,27,34)(H,28,29,30);(H,6,7). The lowest BCUT2D eigenvalue weighted by molar-refractivity contribution is -0.192. The molecule has 11 nitrogen and oxygen atoms in total. The maximum absolute atomic E-state index is 12.3. The first kappa shape index (κ1) is 28.3. The third-order valence-corrected chi connectivity index (χ3v) is 5.82. The van der Waals surface area contributed by atoms with Crippen LogP contribution in [0.25, 0.3) is 22.3 Å². The highest BCUT2D eigenvalue weighted by Gasteiger charge is 2.38. The Hall–Kier alpha value is -5.71. The first-order valence-corrected chi connectivity index (χ1v) is 11.8. The zero-order valence-corrected chi connectivity index (χ0v) is 21.0. The number of primary amides is 1. The second-order valence-electron chi connectivity index (χ2n) is 8.46. The van der Waals surface area contributed by atoms with Gasteiger partial charge in [-0.2, -0.15) is 23.5 Å². The number of carbonyl (C=O) groups excluding carboxylic acids is 1. The zero-order chi connectivity index (χ0) is 29.6. The Bertz CT molecular complexity index is 1710. The van der Waals surface area contributed by atoms with Crippen molar-refractivity contribution in [1.29, 1.82) is 5.26 Å². The van der Waals surface area contributed by atoms with Gasteiger partial charge in [0.15, 0.2) is 0 Å². The molecular formula is C27H21F3N8O3. The summed E-state index contributed by atoms with van der Waals surface area (Å²) in [6.45, 7) is 0. The molecule has 0 aliphatic carbocycles. The molecule has 0 saturated carbocycles. The molecule has 0 bridgehead atoms. The molecule has 14 heteroatoms. The number of anilines is 2. The van der Waals surface area contributed by atoms with E-state index in [4.69, 9.17) is 15.6 Å². The minimum Gasteiger partial charge on any atom is -0.475 e. The van der Waals surface area contributed by atoms with Crippen molar-refractivity contribution >= 4 is 34.4 Å². The van der Waals surface area contributed by atoms with Crippen molar-refractivity contribution in [3.63, 3.8) is 0 Å². The average Bonchev–Trinajstić information content (AvgIpc) is 3.62. The smallest absolute Gasteiger partial charge is 0.475 e. The van der Waals surface area contributed by atoms with Gasteiger partial charge in [-0.15, -0.1) is 0 Å². The van der Waals surface area contributed by atoms with Gasteiger partial charge in [-0.3, -0.25) is 9.58 Å². The summed E-state index contributed by atoms with van der Waals surface area (Å²) in [6, 6.07) is 19.8. The molecule has 0 spiro atoms. The lowest BCUT2D eigenvalue weighted by Gasteiger charge is -2.23. The number of nitrogens with one attached hydrogen (secondary N) is 1. The fourth-order valence-corrected chi connectivity index (χ4v) is 4.04. The molecule has 41 heavy (non-hydrogen) atoms. The van der Waals surface area contributed by atoms with Gasteiger partial charge in [0.05, 0.1) is 41.8 Å². The summed E-state index contributed by atoms with van der Waals surface area (Å²) in [5.74, 6) is -2.76. The van der Waals surface area contributed by atoms with Crippen molar-refractivity contribution in [2.75, 3.05) is 4.90 Å². The van der Waals surface area contributed by atoms with Crippen LogP contribution in [0.5, 0.6) is 0 Å². The summed E-state index contributed by atoms with van der Waals surface area (Å²) in [5, 5.41) is 22.1. The van der Waals surface area contributed by atoms with Crippen LogP contribution < -0.4 is 10.6 Å². The van der Waals surface area contributed by atoms with Crippen molar-refractivity contribution in [2.24, 2.45) is 5.73 Å². The number of rotatable bonds is 6. The molecule has 208 valence electrons. The molecule has 3 aromatic heterocycles. The molecule has 0 fully saturated rings. The van der Waals surface area contributed by atoms with Crippen LogP contribution in [0.4, 0.5) is 29.3 Å². The van der Waals surface area contributed by atoms with Crippen LogP contribution in [0, 0.1) is 11.3 Å². The van der Waals surface area contributed by atoms with Crippen molar-refractivity contribution < 1.29 is 27.9 Å². The number of H-pyrrole nitrogens is 1. The monoisotopic (exact) mass is 562 g/mol. The summed E-state index contributed by atoms with van der Waals surface area (Å²) < 4.78 is 33.5. The SMILES string of the molecule is N#CCC(c1cccc(N(C(N)=O)c2ccccc2)c1)n1cc(-c2ncnc3[nH]ccc23)cn1.O=C(O)C(F)(F)F. The molecule has 0 saturated heterocycles. The van der Waals surface area contributed by atoms with E-state index < -0.39 is 18.2 Å². The van der Waals surface area contributed by atoms with Gasteiger partial charge in [0.2, 0.25) is 0 Å². The number of para-hydroxylation sites is 1. The Balaban J connectivity index is 0.000000493. The first-order valence-electron chi connectivity index (χ1n) is 11.8. The minimum atomic E-state index is -5.08. The van der Waals surface area contributed by atoms with E-state index in [2.05, 4.69) is 26.1 Å². The molecule has 0 aliphatic heterocycles. The fourth-order valence-electron chi connectivity index (χ4n) is 4.04. The number of nitriles is 1. The number of aromatic amines is 1. The van der Waals surface area contributed by atoms with Gasteiger partial charge in [0, 0.05) is 23.3 Å². The Morgan fingerprint density at radius 2 is 1.80 bits per heavy atom. The highest BCUT2D eigenvalue weighted by atomic mass is 19.4. The summed E-state index contributed by atoms with van der Waals surface area (Å²) in [4.78, 5) is 34.4. The molecule has 5 rings (SSSR count). The van der Waals surface area contributed by atoms with Crippen LogP contribution in [-0.2, 0) is 4.79 Å². The number of benzene rings is 2. The number of carboxylic acids is 1. The molecular weight excluding hydrogens is 541 g/mol. The van der Waals surface area contributed by atoms with E-state index in [9.17, 15) is 23.2 Å². The normalized spacial score (nSPS) is 11.7. The van der Waals surface area contributed by atoms with Crippen LogP contribution >= 0.6 is 0 Å². The number of nitrogens with zero attached hydrogens (tertiary/aromatic N) is 6. The number of urea groups is 1. The molecule has 1 unspecified atom stereocenters. The van der Waals surface area contributed by atoms with Crippen LogP contribution in [-0.4, -0.2) is 48.0 Å². The Morgan fingerprint density at radius 3 is 2.46 bits per heavy atom. The number of fused-ring (bicyclic) bond motifs is 1. The lowest BCUT2D eigenvalue weighted by atomic mass is 10.0. The molecule has 1 atom stereocenters. The third kappa shape index (κ3) is 6.48. The molecule has 2 amide bonds. The topological polar surface area (TPSA) is 167 Å². The Labute approximate surface area is 230 Å². The van der Waals surface area contributed by atoms with Crippen molar-refractivity contribution in [3.05, 3.63) is 91.1 Å². The number of nitrogens with two attached hydrogens (primary N) is 1. The highest BCUT2D eigenvalue weighted by Crippen LogP contribution is 2.31. The Morgan fingerprint density at radius 1 is 1.10 bits per heavy atom. The first-order chi connectivity index (χ1) is 19.6. The molecule has 5 aromatic rings. The largest absolute Gasteiger partial charge is 0.490 e. The van der Waals surface area contributed by atoms with Gasteiger partial charge in [0.25, 0.3) is 0 Å². The number of carbonyl (C=O) groups is 2. The fraction of sp³-hybridized carbons (Fsp3) is 0.111. The highest BCUT2D eigenvalue weighted by molar-refractivity contribution is 5.98. The molecule has 0 radical (unpaired) electrons. The number of aliphatic carboxylic acids is 1. The van der Waals surface area contributed by atoms with Crippen LogP contribution in [0.1, 0.15) is 18.0 Å². The second kappa shape index (κ2) is 12.0. The van der Waals surface area contributed by atoms with Gasteiger partial charge in [-0.25, -0.2) is 19.6 Å². The van der Waals surface area contributed by atoms with E-state index in [1.807, 2.05) is 73.1 Å². The van der Waals surface area contributed by atoms with E-state index in [-0.39, 0.29) is 12.5 Å². The summed E-state index contributed by atoms with van der Waals surface area (Å²) in [5.41, 5.74) is 10.1. The van der Waals surface area contributed by atoms with Crippen LogP contribution in [0.2, 0.25) is 0 Å². The summed E-state index contributed by atoms with van der Waals surface area (Å²) >= 11 is 0. The van der Waals surface area contributed by atoms with Gasteiger partial charge < -0.3 is 15.8 Å². The van der Waals surface area contributed by atoms with E-state index in [0.29, 0.717) is 11.4 Å². The molecule has 4 N–H and O–H groups in total. The summed E-state index contributed by atoms with van der Waals surface area (Å²) in [6.07, 6.45) is 2.02. The zero-order valence-electron chi connectivity index (χ0n) is 21.0. The van der Waals surface area contributed by atoms with Crippen molar-refractivity contribution in [1.82, 2.24) is 24.7 Å². The lowest BCUT2D eigenvalue weighted by Crippen LogP contribution is -2.31. The number of hydrogen-bond donors (Lipinski definition) is 3. The summed E-state index contributed by atoms with van der Waals surface area (Å²) in [7, 11) is 0. The van der Waals surface area contributed by atoms with Gasteiger partial charge in [0.1, 0.15) is 12.0 Å². The van der Waals surface area contributed by atoms with Gasteiger partial charge in [-0.1, -0.05) is 30.3 Å². The van der Waals surface area contributed by atoms with Gasteiger partial charge in [-0.05, 0) is 35.9 Å². The molecule has 0 aliphatic rings. The third-order valence-electron chi connectivity index (χ3n) is 5.82. The number of alkyl halides is 3. The number of aromatic nitrogens is 5. The molecule has 3 heterocycles. The molecule has 2 aromatic carbocycles. The van der Waals surface area contributed by atoms with E-state index in [1.165, 1.54) is 11.2 Å². The quantitative estimate of drug-likeness (QED) is 0.256. The van der Waals surface area contributed by atoms with E-state index >= 15 is 0 Å². The van der Waals surface area contributed by atoms with Crippen molar-refractivity contribution in [3.8, 4) is 17.3 Å². The maximum Gasteiger partial charge on any atom is 0.490 e. The predicted molar refractivity (Wildman–Crippen MR) is 142 cm³/mol. The average molecular weight is 563 g/mol. The van der Waals surface area contributed by atoms with Crippen LogP contribution in [0.3, 0.4) is 0 Å². The maximum atomic E-state index is 12.3. The number of hydrogen-bond acceptors (Lipinski definition) is 6. The second-order valence-corrected chi connectivity index (χ2v) is 8.46. The number of halogens is 3. The van der Waals surface area contributed by atoms with Gasteiger partial charge >= 0.3 is 18.2 Å². The van der Waals surface area contributed by atoms with E-state index in [1.54, 1.807) is 10.9 Å². The van der Waals surface area contributed by atoms with Crippen LogP contribution in [0.15, 0.2) is 85.6 Å². The number of amides is 2. The minimum absolute atomic E-state index is 0.190.